The number of rotatable bonds is 4. The van der Waals surface area contributed by atoms with Crippen molar-refractivity contribution in [3.63, 3.8) is 0 Å². The predicted octanol–water partition coefficient (Wildman–Crippen LogP) is 5.19. The maximum absolute atomic E-state index is 13.8. The number of hydrogen-bond donors (Lipinski definition) is 2. The van der Waals surface area contributed by atoms with Gasteiger partial charge < -0.3 is 10.1 Å². The lowest BCUT2D eigenvalue weighted by Crippen LogP contribution is -2.21. The molecule has 0 bridgehead atoms. The van der Waals surface area contributed by atoms with Crippen molar-refractivity contribution in [3.05, 3.63) is 93.4 Å². The lowest BCUT2D eigenvalue weighted by atomic mass is 10.0. The number of aromatic carboxylic acids is 1. The normalized spacial score (nSPS) is 11.3. The van der Waals surface area contributed by atoms with Crippen LogP contribution in [-0.2, 0) is 7.05 Å². The minimum atomic E-state index is -1.22. The Kier molecular flexibility index (Phi) is 5.10. The van der Waals surface area contributed by atoms with Crippen molar-refractivity contribution < 1.29 is 14.3 Å². The molecule has 0 spiro atoms. The Bertz CT molecular complexity index is 1670. The van der Waals surface area contributed by atoms with E-state index in [2.05, 4.69) is 9.97 Å². The summed E-state index contributed by atoms with van der Waals surface area (Å²) < 4.78 is 16.9. The fourth-order valence-corrected chi connectivity index (χ4v) is 4.26. The molecule has 0 aliphatic rings. The van der Waals surface area contributed by atoms with Gasteiger partial charge in [-0.3, -0.25) is 9.13 Å². The molecule has 3 aromatic carbocycles. The number of carbonyl (C=O) groups is 1. The van der Waals surface area contributed by atoms with Crippen molar-refractivity contribution >= 4 is 28.6 Å². The summed E-state index contributed by atoms with van der Waals surface area (Å²) in [5.74, 6) is -1.82. The van der Waals surface area contributed by atoms with Crippen molar-refractivity contribution in [2.75, 3.05) is 0 Å². The Morgan fingerprint density at radius 3 is 2.50 bits per heavy atom. The number of nitrogens with zero attached hydrogens (tertiary/aromatic N) is 3. The Hall–Kier alpha value is -4.17. The number of carboxylic acid groups (broad SMARTS) is 1. The molecule has 5 aromatic rings. The van der Waals surface area contributed by atoms with Crippen LogP contribution in [0.3, 0.4) is 0 Å². The van der Waals surface area contributed by atoms with E-state index in [1.165, 1.54) is 15.2 Å². The van der Waals surface area contributed by atoms with Crippen LogP contribution in [-0.4, -0.2) is 30.2 Å². The van der Waals surface area contributed by atoms with Crippen LogP contribution >= 0.6 is 11.6 Å². The average molecular weight is 477 g/mol. The third-order valence-electron chi connectivity index (χ3n) is 5.78. The van der Waals surface area contributed by atoms with E-state index in [1.54, 1.807) is 68.6 Å². The molecule has 7 nitrogen and oxygen atoms in total. The topological polar surface area (TPSA) is 92.9 Å². The van der Waals surface area contributed by atoms with Crippen LogP contribution in [0.4, 0.5) is 4.39 Å². The van der Waals surface area contributed by atoms with Gasteiger partial charge in [-0.2, -0.15) is 0 Å². The summed E-state index contributed by atoms with van der Waals surface area (Å²) >= 11 is 6.35. The SMILES string of the molecule is Cc1cc(-c2nc(C(=O)O)[nH]c2-c2ccc3c(c2)n(C)c(=O)n3-c2ccccc2Cl)ccc1F. The maximum Gasteiger partial charge on any atom is 0.371 e. The monoisotopic (exact) mass is 476 g/mol. The molecule has 34 heavy (non-hydrogen) atoms. The lowest BCUT2D eigenvalue weighted by molar-refractivity contribution is 0.0685. The number of imidazole rings is 2. The van der Waals surface area contributed by atoms with Gasteiger partial charge in [-0.25, -0.2) is 19.0 Å². The van der Waals surface area contributed by atoms with Crippen molar-refractivity contribution in [2.24, 2.45) is 7.05 Å². The standard InChI is InChI=1S/C25H18ClFN4O3/c1-13-11-14(7-9-17(13)27)21-22(29-23(28-21)24(32)33)15-8-10-19-20(12-15)30(2)25(34)31(19)18-6-4-3-5-16(18)26/h3-12H,1-2H3,(H,28,29)(H,32,33). The summed E-state index contributed by atoms with van der Waals surface area (Å²) in [6.45, 7) is 1.63. The number of halogens is 2. The van der Waals surface area contributed by atoms with Gasteiger partial charge in [0, 0.05) is 18.2 Å². The quantitative estimate of drug-likeness (QED) is 0.373. The number of hydrogen-bond acceptors (Lipinski definition) is 3. The van der Waals surface area contributed by atoms with E-state index in [0.29, 0.717) is 49.8 Å². The number of carboxylic acids is 1. The van der Waals surface area contributed by atoms with E-state index in [9.17, 15) is 19.1 Å². The molecule has 0 unspecified atom stereocenters. The number of para-hydroxylation sites is 1. The summed E-state index contributed by atoms with van der Waals surface area (Å²) in [5, 5.41) is 9.95. The van der Waals surface area contributed by atoms with Gasteiger partial charge in [0.15, 0.2) is 0 Å². The number of aromatic nitrogens is 4. The summed E-state index contributed by atoms with van der Waals surface area (Å²) in [7, 11) is 1.65. The molecular weight excluding hydrogens is 459 g/mol. The summed E-state index contributed by atoms with van der Waals surface area (Å²) in [4.78, 5) is 31.8. The number of nitrogens with one attached hydrogen (secondary N) is 1. The van der Waals surface area contributed by atoms with Gasteiger partial charge in [0.2, 0.25) is 5.82 Å². The molecule has 0 aliphatic heterocycles. The predicted molar refractivity (Wildman–Crippen MR) is 128 cm³/mol. The van der Waals surface area contributed by atoms with E-state index in [0.717, 1.165) is 0 Å². The van der Waals surface area contributed by atoms with Gasteiger partial charge in [0.05, 0.1) is 33.1 Å². The molecular formula is C25H18ClFN4O3. The molecule has 0 saturated heterocycles. The highest BCUT2D eigenvalue weighted by Gasteiger charge is 2.21. The van der Waals surface area contributed by atoms with Crippen LogP contribution in [0.15, 0.2) is 65.5 Å². The first kappa shape index (κ1) is 21.7. The van der Waals surface area contributed by atoms with E-state index >= 15 is 0 Å². The molecule has 0 fully saturated rings. The number of aromatic amines is 1. The Balaban J connectivity index is 1.74. The fourth-order valence-electron chi connectivity index (χ4n) is 4.04. The van der Waals surface area contributed by atoms with Gasteiger partial charge in [-0.05, 0) is 55.0 Å². The van der Waals surface area contributed by atoms with Crippen LogP contribution in [0.2, 0.25) is 5.02 Å². The van der Waals surface area contributed by atoms with Crippen molar-refractivity contribution in [2.45, 2.75) is 6.92 Å². The average Bonchev–Trinajstić information content (AvgIpc) is 3.37. The third kappa shape index (κ3) is 3.39. The Morgan fingerprint density at radius 2 is 1.79 bits per heavy atom. The largest absolute Gasteiger partial charge is 0.475 e. The zero-order valence-electron chi connectivity index (χ0n) is 18.1. The molecule has 0 aliphatic carbocycles. The number of benzene rings is 3. The summed E-state index contributed by atoms with van der Waals surface area (Å²) in [5.41, 5.74) is 3.97. The van der Waals surface area contributed by atoms with Gasteiger partial charge in [-0.1, -0.05) is 29.8 Å². The van der Waals surface area contributed by atoms with Crippen LogP contribution in [0, 0.1) is 12.7 Å². The van der Waals surface area contributed by atoms with Crippen LogP contribution in [0.5, 0.6) is 0 Å². The first-order valence-electron chi connectivity index (χ1n) is 10.3. The highest BCUT2D eigenvalue weighted by molar-refractivity contribution is 6.32. The first-order valence-corrected chi connectivity index (χ1v) is 10.7. The van der Waals surface area contributed by atoms with E-state index in [1.807, 2.05) is 0 Å². The smallest absolute Gasteiger partial charge is 0.371 e. The van der Waals surface area contributed by atoms with Crippen molar-refractivity contribution in [1.29, 1.82) is 0 Å². The van der Waals surface area contributed by atoms with Crippen molar-refractivity contribution in [3.8, 4) is 28.2 Å². The highest BCUT2D eigenvalue weighted by atomic mass is 35.5. The second-order valence-corrected chi connectivity index (χ2v) is 8.32. The number of aryl methyl sites for hydroxylation is 2. The zero-order valence-corrected chi connectivity index (χ0v) is 18.9. The molecule has 2 heterocycles. The number of fused-ring (bicyclic) bond motifs is 1. The second-order valence-electron chi connectivity index (χ2n) is 7.91. The Morgan fingerprint density at radius 1 is 1.06 bits per heavy atom. The molecule has 5 rings (SSSR count). The molecule has 0 saturated carbocycles. The maximum atomic E-state index is 13.8. The van der Waals surface area contributed by atoms with E-state index in [4.69, 9.17) is 11.6 Å². The summed E-state index contributed by atoms with van der Waals surface area (Å²) in [6, 6.07) is 16.9. The fraction of sp³-hybridized carbons (Fsp3) is 0.0800. The highest BCUT2D eigenvalue weighted by Crippen LogP contribution is 2.33. The van der Waals surface area contributed by atoms with Crippen LogP contribution in [0.1, 0.15) is 16.2 Å². The number of H-pyrrole nitrogens is 1. The lowest BCUT2D eigenvalue weighted by Gasteiger charge is -2.07. The minimum absolute atomic E-state index is 0.241. The zero-order chi connectivity index (χ0) is 24.1. The molecule has 0 amide bonds. The van der Waals surface area contributed by atoms with E-state index in [-0.39, 0.29) is 17.3 Å². The van der Waals surface area contributed by atoms with E-state index < -0.39 is 5.97 Å². The van der Waals surface area contributed by atoms with Gasteiger partial charge in [0.25, 0.3) is 0 Å². The van der Waals surface area contributed by atoms with Gasteiger partial charge in [-0.15, -0.1) is 0 Å². The Labute approximate surface area is 197 Å². The molecule has 2 N–H and O–H groups in total. The van der Waals surface area contributed by atoms with Gasteiger partial charge >= 0.3 is 11.7 Å². The molecule has 9 heteroatoms. The van der Waals surface area contributed by atoms with Crippen LogP contribution in [0.25, 0.3) is 39.2 Å². The third-order valence-corrected chi connectivity index (χ3v) is 6.10. The molecule has 2 aromatic heterocycles. The molecule has 0 atom stereocenters. The van der Waals surface area contributed by atoms with Crippen molar-refractivity contribution in [1.82, 2.24) is 19.1 Å². The molecule has 0 radical (unpaired) electrons. The first-order chi connectivity index (χ1) is 16.3. The molecule has 170 valence electrons. The second kappa shape index (κ2) is 8.00. The van der Waals surface area contributed by atoms with Crippen LogP contribution < -0.4 is 5.69 Å². The minimum Gasteiger partial charge on any atom is -0.475 e. The summed E-state index contributed by atoms with van der Waals surface area (Å²) in [6.07, 6.45) is 0. The van der Waals surface area contributed by atoms with Gasteiger partial charge in [0.1, 0.15) is 5.82 Å².